The maximum Gasteiger partial charge on any atom is 0.573 e. The predicted molar refractivity (Wildman–Crippen MR) is 65.8 cm³/mol. The molecule has 2 rings (SSSR count). The van der Waals surface area contributed by atoms with Gasteiger partial charge in [-0.1, -0.05) is 0 Å². The van der Waals surface area contributed by atoms with Gasteiger partial charge < -0.3 is 4.74 Å². The molecule has 0 atom stereocenters. The SMILES string of the molecule is Cc1ccnc(-c2ccc(OC(F)(F)F)cc2)c1C. The molecule has 0 unspecified atom stereocenters. The Bertz CT molecular complexity index is 576. The molecular formula is C14H12F3NO. The molecule has 1 aromatic carbocycles. The van der Waals surface area contributed by atoms with E-state index in [1.165, 1.54) is 12.1 Å². The van der Waals surface area contributed by atoms with E-state index >= 15 is 0 Å². The normalized spacial score (nSPS) is 11.4. The van der Waals surface area contributed by atoms with Crippen molar-refractivity contribution < 1.29 is 17.9 Å². The molecule has 0 bridgehead atoms. The maximum atomic E-state index is 12.0. The van der Waals surface area contributed by atoms with E-state index in [1.807, 2.05) is 19.9 Å². The Morgan fingerprint density at radius 2 is 1.63 bits per heavy atom. The van der Waals surface area contributed by atoms with Crippen molar-refractivity contribution in [3.8, 4) is 17.0 Å². The fourth-order valence-corrected chi connectivity index (χ4v) is 1.74. The molecule has 2 nitrogen and oxygen atoms in total. The lowest BCUT2D eigenvalue weighted by Gasteiger charge is -2.10. The second kappa shape index (κ2) is 4.91. The molecule has 0 amide bonds. The molecule has 0 aliphatic carbocycles. The van der Waals surface area contributed by atoms with Crippen molar-refractivity contribution in [1.29, 1.82) is 0 Å². The van der Waals surface area contributed by atoms with Gasteiger partial charge in [0, 0.05) is 11.8 Å². The first kappa shape index (κ1) is 13.4. The number of pyridine rings is 1. The highest BCUT2D eigenvalue weighted by Crippen LogP contribution is 2.27. The smallest absolute Gasteiger partial charge is 0.406 e. The molecule has 100 valence electrons. The molecule has 0 aliphatic heterocycles. The zero-order valence-corrected chi connectivity index (χ0v) is 10.5. The number of alkyl halides is 3. The van der Waals surface area contributed by atoms with E-state index in [1.54, 1.807) is 18.3 Å². The average molecular weight is 267 g/mol. The molecular weight excluding hydrogens is 255 g/mol. The summed E-state index contributed by atoms with van der Waals surface area (Å²) in [5.41, 5.74) is 3.61. The van der Waals surface area contributed by atoms with Crippen LogP contribution in [0.3, 0.4) is 0 Å². The Balaban J connectivity index is 2.30. The van der Waals surface area contributed by atoms with Gasteiger partial charge in [0.2, 0.25) is 0 Å². The highest BCUT2D eigenvalue weighted by Gasteiger charge is 2.30. The maximum absolute atomic E-state index is 12.0. The van der Waals surface area contributed by atoms with Crippen LogP contribution in [0.25, 0.3) is 11.3 Å². The van der Waals surface area contributed by atoms with Gasteiger partial charge in [-0.25, -0.2) is 0 Å². The van der Waals surface area contributed by atoms with Crippen molar-refractivity contribution in [3.63, 3.8) is 0 Å². The van der Waals surface area contributed by atoms with Crippen molar-refractivity contribution in [2.75, 3.05) is 0 Å². The van der Waals surface area contributed by atoms with Crippen LogP contribution in [-0.4, -0.2) is 11.3 Å². The number of benzene rings is 1. The van der Waals surface area contributed by atoms with Gasteiger partial charge in [-0.15, -0.1) is 13.2 Å². The van der Waals surface area contributed by atoms with Crippen LogP contribution in [-0.2, 0) is 0 Å². The molecule has 0 fully saturated rings. The number of hydrogen-bond acceptors (Lipinski definition) is 2. The highest BCUT2D eigenvalue weighted by atomic mass is 19.4. The van der Waals surface area contributed by atoms with E-state index in [9.17, 15) is 13.2 Å². The third-order valence-corrected chi connectivity index (χ3v) is 2.84. The topological polar surface area (TPSA) is 22.1 Å². The number of aryl methyl sites for hydroxylation is 1. The van der Waals surface area contributed by atoms with Gasteiger partial charge in [0.25, 0.3) is 0 Å². The largest absolute Gasteiger partial charge is 0.573 e. The lowest BCUT2D eigenvalue weighted by atomic mass is 10.0. The fourth-order valence-electron chi connectivity index (χ4n) is 1.74. The summed E-state index contributed by atoms with van der Waals surface area (Å²) in [6.45, 7) is 3.89. The van der Waals surface area contributed by atoms with Crippen molar-refractivity contribution >= 4 is 0 Å². The van der Waals surface area contributed by atoms with Gasteiger partial charge in [-0.2, -0.15) is 0 Å². The summed E-state index contributed by atoms with van der Waals surface area (Å²) in [6.07, 6.45) is -2.99. The fraction of sp³-hybridized carbons (Fsp3) is 0.214. The van der Waals surface area contributed by atoms with Crippen molar-refractivity contribution in [3.05, 3.63) is 47.7 Å². The molecule has 1 aromatic heterocycles. The minimum Gasteiger partial charge on any atom is -0.406 e. The summed E-state index contributed by atoms with van der Waals surface area (Å²) < 4.78 is 40.0. The van der Waals surface area contributed by atoms with Crippen LogP contribution < -0.4 is 4.74 Å². The van der Waals surface area contributed by atoms with E-state index in [2.05, 4.69) is 9.72 Å². The summed E-state index contributed by atoms with van der Waals surface area (Å²) in [4.78, 5) is 4.25. The minimum absolute atomic E-state index is 0.235. The molecule has 2 aromatic rings. The first-order chi connectivity index (χ1) is 8.87. The number of rotatable bonds is 2. The van der Waals surface area contributed by atoms with Crippen molar-refractivity contribution in [2.24, 2.45) is 0 Å². The van der Waals surface area contributed by atoms with E-state index in [-0.39, 0.29) is 5.75 Å². The van der Waals surface area contributed by atoms with E-state index in [0.717, 1.165) is 22.4 Å². The molecule has 19 heavy (non-hydrogen) atoms. The van der Waals surface area contributed by atoms with Crippen LogP contribution in [0, 0.1) is 13.8 Å². The van der Waals surface area contributed by atoms with Crippen molar-refractivity contribution in [1.82, 2.24) is 4.98 Å². The molecule has 0 radical (unpaired) electrons. The van der Waals surface area contributed by atoms with Gasteiger partial charge in [-0.05, 0) is 55.3 Å². The van der Waals surface area contributed by atoms with E-state index in [0.29, 0.717) is 0 Å². The molecule has 0 spiro atoms. The Hall–Kier alpha value is -2.04. The Kier molecular flexibility index (Phi) is 3.46. The van der Waals surface area contributed by atoms with Gasteiger partial charge >= 0.3 is 6.36 Å². The third-order valence-electron chi connectivity index (χ3n) is 2.84. The molecule has 5 heteroatoms. The summed E-state index contributed by atoms with van der Waals surface area (Å²) in [6, 6.07) is 7.59. The van der Waals surface area contributed by atoms with E-state index < -0.39 is 6.36 Å². The number of halogens is 3. The summed E-state index contributed by atoms with van der Waals surface area (Å²) in [7, 11) is 0. The first-order valence-electron chi connectivity index (χ1n) is 5.65. The van der Waals surface area contributed by atoms with Crippen LogP contribution in [0.15, 0.2) is 36.5 Å². The summed E-state index contributed by atoms with van der Waals surface area (Å²) >= 11 is 0. The first-order valence-corrected chi connectivity index (χ1v) is 5.65. The molecule has 0 N–H and O–H groups in total. The zero-order chi connectivity index (χ0) is 14.0. The molecule has 1 heterocycles. The third kappa shape index (κ3) is 3.24. The number of ether oxygens (including phenoxy) is 1. The second-order valence-electron chi connectivity index (χ2n) is 4.17. The summed E-state index contributed by atoms with van der Waals surface area (Å²) in [5, 5.41) is 0. The van der Waals surface area contributed by atoms with Gasteiger partial charge in [-0.3, -0.25) is 4.98 Å². The average Bonchev–Trinajstić information content (AvgIpc) is 2.32. The lowest BCUT2D eigenvalue weighted by molar-refractivity contribution is -0.274. The van der Waals surface area contributed by atoms with Crippen LogP contribution >= 0.6 is 0 Å². The van der Waals surface area contributed by atoms with Crippen LogP contribution in [0.4, 0.5) is 13.2 Å². The number of aromatic nitrogens is 1. The van der Waals surface area contributed by atoms with Crippen LogP contribution in [0.1, 0.15) is 11.1 Å². The Morgan fingerprint density at radius 3 is 2.21 bits per heavy atom. The second-order valence-corrected chi connectivity index (χ2v) is 4.17. The van der Waals surface area contributed by atoms with Crippen LogP contribution in [0.2, 0.25) is 0 Å². The standard InChI is InChI=1S/C14H12F3NO/c1-9-7-8-18-13(10(9)2)11-3-5-12(6-4-11)19-14(15,16)17/h3-8H,1-2H3. The Morgan fingerprint density at radius 1 is 1.00 bits per heavy atom. The zero-order valence-electron chi connectivity index (χ0n) is 10.5. The summed E-state index contributed by atoms with van der Waals surface area (Å²) in [5.74, 6) is -0.235. The van der Waals surface area contributed by atoms with Gasteiger partial charge in [0.05, 0.1) is 5.69 Å². The van der Waals surface area contributed by atoms with Gasteiger partial charge in [0.15, 0.2) is 0 Å². The molecule has 0 saturated carbocycles. The lowest BCUT2D eigenvalue weighted by Crippen LogP contribution is -2.16. The quantitative estimate of drug-likeness (QED) is 0.810. The van der Waals surface area contributed by atoms with Gasteiger partial charge in [0.1, 0.15) is 5.75 Å². The molecule has 0 aliphatic rings. The van der Waals surface area contributed by atoms with Crippen molar-refractivity contribution in [2.45, 2.75) is 20.2 Å². The predicted octanol–water partition coefficient (Wildman–Crippen LogP) is 4.26. The van der Waals surface area contributed by atoms with E-state index in [4.69, 9.17) is 0 Å². The number of nitrogens with zero attached hydrogens (tertiary/aromatic N) is 1. The number of hydrogen-bond donors (Lipinski definition) is 0. The molecule has 0 saturated heterocycles. The van der Waals surface area contributed by atoms with Crippen LogP contribution in [0.5, 0.6) is 5.75 Å². The Labute approximate surface area is 108 Å². The minimum atomic E-state index is -4.67. The highest BCUT2D eigenvalue weighted by molar-refractivity contribution is 5.64. The monoisotopic (exact) mass is 267 g/mol.